The highest BCUT2D eigenvalue weighted by molar-refractivity contribution is 5.93. The van der Waals surface area contributed by atoms with Crippen molar-refractivity contribution in [3.8, 4) is 0 Å². The van der Waals surface area contributed by atoms with Crippen LogP contribution in [0.3, 0.4) is 0 Å². The molecule has 3 rings (SSSR count). The highest BCUT2D eigenvalue weighted by atomic mass is 16.5. The van der Waals surface area contributed by atoms with Gasteiger partial charge < -0.3 is 19.1 Å². The first kappa shape index (κ1) is 16.9. The Morgan fingerprint density at radius 3 is 2.75 bits per heavy atom. The fourth-order valence-corrected chi connectivity index (χ4v) is 3.33. The third-order valence-corrected chi connectivity index (χ3v) is 4.64. The van der Waals surface area contributed by atoms with Gasteiger partial charge in [0.1, 0.15) is 5.56 Å². The molecule has 0 aliphatic carbocycles. The van der Waals surface area contributed by atoms with Crippen LogP contribution in [0.2, 0.25) is 0 Å². The lowest BCUT2D eigenvalue weighted by Crippen LogP contribution is -2.44. The number of aryl methyl sites for hydroxylation is 1. The Bertz CT molecular complexity index is 705. The average Bonchev–Trinajstić information content (AvgIpc) is 2.94. The van der Waals surface area contributed by atoms with Crippen LogP contribution >= 0.6 is 0 Å². The van der Waals surface area contributed by atoms with Gasteiger partial charge in [0.15, 0.2) is 0 Å². The molecular formula is C16H24N4O4. The molecule has 0 aromatic carbocycles. The largest absolute Gasteiger partial charge is 0.375 e. The molecule has 1 aromatic heterocycles. The average molecular weight is 336 g/mol. The highest BCUT2D eigenvalue weighted by Gasteiger charge is 2.27. The van der Waals surface area contributed by atoms with Gasteiger partial charge in [-0.05, 0) is 32.4 Å². The molecule has 8 nitrogen and oxygen atoms in total. The molecule has 2 saturated heterocycles. The summed E-state index contributed by atoms with van der Waals surface area (Å²) in [5, 5.41) is 0. The molecule has 132 valence electrons. The van der Waals surface area contributed by atoms with E-state index in [1.807, 2.05) is 0 Å². The molecule has 0 saturated carbocycles. The van der Waals surface area contributed by atoms with Crippen molar-refractivity contribution in [2.24, 2.45) is 7.05 Å². The van der Waals surface area contributed by atoms with Gasteiger partial charge in [0.25, 0.3) is 11.5 Å². The van der Waals surface area contributed by atoms with Gasteiger partial charge in [-0.15, -0.1) is 0 Å². The molecule has 1 atom stereocenters. The fourth-order valence-electron chi connectivity index (χ4n) is 3.33. The zero-order chi connectivity index (χ0) is 17.1. The minimum absolute atomic E-state index is 0.000998. The molecule has 2 aliphatic heterocycles. The number of nitrogens with one attached hydrogen (secondary N) is 1. The Hall–Kier alpha value is -1.93. The van der Waals surface area contributed by atoms with Crippen molar-refractivity contribution in [2.45, 2.75) is 25.4 Å². The Kier molecular flexibility index (Phi) is 5.15. The van der Waals surface area contributed by atoms with Crippen LogP contribution in [-0.2, 0) is 11.8 Å². The van der Waals surface area contributed by atoms with Crippen molar-refractivity contribution in [2.75, 3.05) is 39.3 Å². The number of hydrogen-bond acceptors (Lipinski definition) is 5. The maximum Gasteiger partial charge on any atom is 0.328 e. The fraction of sp³-hybridized carbons (Fsp3) is 0.688. The van der Waals surface area contributed by atoms with Gasteiger partial charge in [-0.1, -0.05) is 0 Å². The number of ether oxygens (including phenoxy) is 1. The van der Waals surface area contributed by atoms with E-state index in [-0.39, 0.29) is 17.6 Å². The number of H-pyrrole nitrogens is 1. The number of aromatic nitrogens is 2. The smallest absolute Gasteiger partial charge is 0.328 e. The minimum atomic E-state index is -0.635. The maximum absolute atomic E-state index is 12.7. The molecule has 1 aromatic rings. The summed E-state index contributed by atoms with van der Waals surface area (Å²) >= 11 is 0. The van der Waals surface area contributed by atoms with E-state index in [2.05, 4.69) is 9.88 Å². The second kappa shape index (κ2) is 7.31. The lowest BCUT2D eigenvalue weighted by atomic mass is 10.2. The number of amides is 1. The quantitative estimate of drug-likeness (QED) is 0.796. The van der Waals surface area contributed by atoms with Gasteiger partial charge in [0, 0.05) is 39.5 Å². The Morgan fingerprint density at radius 2 is 2.00 bits per heavy atom. The first-order valence-electron chi connectivity index (χ1n) is 8.48. The monoisotopic (exact) mass is 336 g/mol. The lowest BCUT2D eigenvalue weighted by molar-refractivity contribution is 0.0297. The molecule has 0 radical (unpaired) electrons. The van der Waals surface area contributed by atoms with E-state index in [0.717, 1.165) is 26.1 Å². The molecule has 2 fully saturated rings. The van der Waals surface area contributed by atoms with E-state index in [1.54, 1.807) is 4.90 Å². The molecule has 24 heavy (non-hydrogen) atoms. The molecule has 0 spiro atoms. The van der Waals surface area contributed by atoms with Crippen molar-refractivity contribution in [3.05, 3.63) is 32.6 Å². The van der Waals surface area contributed by atoms with Crippen molar-refractivity contribution in [1.29, 1.82) is 0 Å². The topological polar surface area (TPSA) is 87.6 Å². The number of carbonyl (C=O) groups is 1. The molecular weight excluding hydrogens is 312 g/mol. The van der Waals surface area contributed by atoms with Gasteiger partial charge >= 0.3 is 5.69 Å². The van der Waals surface area contributed by atoms with Crippen LogP contribution in [0.5, 0.6) is 0 Å². The number of carbonyl (C=O) groups excluding carboxylic acids is 1. The number of nitrogens with zero attached hydrogens (tertiary/aromatic N) is 3. The van der Waals surface area contributed by atoms with Crippen LogP contribution in [0.25, 0.3) is 0 Å². The zero-order valence-electron chi connectivity index (χ0n) is 14.0. The van der Waals surface area contributed by atoms with Crippen LogP contribution in [-0.4, -0.2) is 70.7 Å². The maximum atomic E-state index is 12.7. The van der Waals surface area contributed by atoms with E-state index in [1.165, 1.54) is 30.7 Å². The highest BCUT2D eigenvalue weighted by Crippen LogP contribution is 2.13. The first-order chi connectivity index (χ1) is 11.5. The van der Waals surface area contributed by atoms with E-state index >= 15 is 0 Å². The molecule has 3 heterocycles. The second-order valence-corrected chi connectivity index (χ2v) is 6.52. The van der Waals surface area contributed by atoms with Gasteiger partial charge in [-0.25, -0.2) is 4.79 Å². The van der Waals surface area contributed by atoms with Crippen molar-refractivity contribution >= 4 is 5.91 Å². The molecule has 1 N–H and O–H groups in total. The molecule has 0 bridgehead atoms. The van der Waals surface area contributed by atoms with Crippen LogP contribution in [0.1, 0.15) is 29.6 Å². The summed E-state index contributed by atoms with van der Waals surface area (Å²) in [4.78, 5) is 42.4. The van der Waals surface area contributed by atoms with E-state index < -0.39 is 11.2 Å². The second-order valence-electron chi connectivity index (χ2n) is 6.52. The number of hydrogen-bond donors (Lipinski definition) is 1. The standard InChI is InChI=1S/C16H24N4O4/c1-18-11-13(14(21)17-16(18)23)15(22)20-7-4-8-24-12(10-20)9-19-5-2-3-6-19/h11-12H,2-10H2,1H3,(H,17,21,23). The van der Waals surface area contributed by atoms with Gasteiger partial charge in [0.05, 0.1) is 6.10 Å². The van der Waals surface area contributed by atoms with Crippen molar-refractivity contribution in [1.82, 2.24) is 19.4 Å². The summed E-state index contributed by atoms with van der Waals surface area (Å²) < 4.78 is 7.09. The number of rotatable bonds is 3. The summed E-state index contributed by atoms with van der Waals surface area (Å²) in [5.41, 5.74) is -1.16. The van der Waals surface area contributed by atoms with Gasteiger partial charge in [0.2, 0.25) is 0 Å². The van der Waals surface area contributed by atoms with Crippen LogP contribution in [0, 0.1) is 0 Å². The van der Waals surface area contributed by atoms with Gasteiger partial charge in [-0.3, -0.25) is 14.6 Å². The summed E-state index contributed by atoms with van der Waals surface area (Å²) in [5.74, 6) is -0.344. The van der Waals surface area contributed by atoms with Crippen LogP contribution < -0.4 is 11.2 Å². The minimum Gasteiger partial charge on any atom is -0.375 e. The predicted octanol–water partition coefficient (Wildman–Crippen LogP) is -0.599. The Morgan fingerprint density at radius 1 is 1.25 bits per heavy atom. The van der Waals surface area contributed by atoms with Crippen LogP contribution in [0.15, 0.2) is 15.8 Å². The lowest BCUT2D eigenvalue weighted by Gasteiger charge is -2.26. The third kappa shape index (κ3) is 3.76. The van der Waals surface area contributed by atoms with E-state index in [9.17, 15) is 14.4 Å². The number of likely N-dealkylation sites (tertiary alicyclic amines) is 1. The number of aromatic amines is 1. The van der Waals surface area contributed by atoms with Crippen molar-refractivity contribution in [3.63, 3.8) is 0 Å². The zero-order valence-corrected chi connectivity index (χ0v) is 14.0. The Labute approximate surface area is 140 Å². The third-order valence-electron chi connectivity index (χ3n) is 4.64. The SMILES string of the molecule is Cn1cc(C(=O)N2CCCOC(CN3CCCC3)C2)c(=O)[nH]c1=O. The normalized spacial score (nSPS) is 22.5. The first-order valence-corrected chi connectivity index (χ1v) is 8.48. The summed E-state index contributed by atoms with van der Waals surface area (Å²) in [6.45, 7) is 4.61. The van der Waals surface area contributed by atoms with Crippen molar-refractivity contribution < 1.29 is 9.53 Å². The molecule has 8 heteroatoms. The van der Waals surface area contributed by atoms with Gasteiger partial charge in [-0.2, -0.15) is 0 Å². The van der Waals surface area contributed by atoms with E-state index in [0.29, 0.717) is 19.7 Å². The summed E-state index contributed by atoms with van der Waals surface area (Å²) in [6.07, 6.45) is 4.43. The summed E-state index contributed by atoms with van der Waals surface area (Å²) in [6, 6.07) is 0. The molecule has 1 amide bonds. The van der Waals surface area contributed by atoms with Crippen LogP contribution in [0.4, 0.5) is 0 Å². The molecule has 1 unspecified atom stereocenters. The Balaban J connectivity index is 1.74. The summed E-state index contributed by atoms with van der Waals surface area (Å²) in [7, 11) is 1.51. The van der Waals surface area contributed by atoms with E-state index in [4.69, 9.17) is 4.74 Å². The molecule has 2 aliphatic rings. The predicted molar refractivity (Wildman–Crippen MR) is 88.2 cm³/mol.